The summed E-state index contributed by atoms with van der Waals surface area (Å²) >= 11 is 0. The molecule has 132 valence electrons. The van der Waals surface area contributed by atoms with Gasteiger partial charge in [-0.25, -0.2) is 0 Å². The smallest absolute Gasteiger partial charge is 0.289 e. The molecule has 1 aromatic carbocycles. The highest BCUT2D eigenvalue weighted by Crippen LogP contribution is 2.28. The van der Waals surface area contributed by atoms with Gasteiger partial charge in [-0.15, -0.1) is 0 Å². The molecule has 0 fully saturated rings. The normalized spacial score (nSPS) is 12.1. The lowest BCUT2D eigenvalue weighted by Gasteiger charge is -2.30. The van der Waals surface area contributed by atoms with E-state index in [4.69, 9.17) is 4.42 Å². The van der Waals surface area contributed by atoms with Gasteiger partial charge in [0.1, 0.15) is 5.58 Å². The summed E-state index contributed by atoms with van der Waals surface area (Å²) in [6.07, 6.45) is 0. The van der Waals surface area contributed by atoms with E-state index in [0.717, 1.165) is 10.9 Å². The second kappa shape index (κ2) is 7.34. The molecule has 0 bridgehead atoms. The molecule has 0 aliphatic heterocycles. The number of para-hydroxylation sites is 1. The van der Waals surface area contributed by atoms with Crippen LogP contribution in [0.5, 0.6) is 0 Å². The maximum atomic E-state index is 12.9. The molecule has 24 heavy (non-hydrogen) atoms. The molecule has 6 heteroatoms. The fraction of sp³-hybridized carbons (Fsp3) is 0.500. The summed E-state index contributed by atoms with van der Waals surface area (Å²) in [5, 5.41) is 19.8. The Morgan fingerprint density at radius 1 is 1.17 bits per heavy atom. The molecule has 0 spiro atoms. The number of fused-ring (bicyclic) bond motifs is 1. The number of aliphatic hydroxyl groups is 2. The minimum Gasteiger partial charge on any atom is -0.451 e. The van der Waals surface area contributed by atoms with Gasteiger partial charge >= 0.3 is 0 Å². The van der Waals surface area contributed by atoms with E-state index < -0.39 is 5.41 Å². The summed E-state index contributed by atoms with van der Waals surface area (Å²) in [7, 11) is 5.53. The van der Waals surface area contributed by atoms with Crippen molar-refractivity contribution in [1.29, 1.82) is 0 Å². The summed E-state index contributed by atoms with van der Waals surface area (Å²) in [5.41, 5.74) is 0.776. The third-order valence-corrected chi connectivity index (χ3v) is 4.10. The van der Waals surface area contributed by atoms with Gasteiger partial charge in [-0.1, -0.05) is 25.1 Å². The van der Waals surface area contributed by atoms with E-state index in [2.05, 4.69) is 0 Å². The Morgan fingerprint density at radius 3 is 2.38 bits per heavy atom. The van der Waals surface area contributed by atoms with Crippen molar-refractivity contribution in [3.8, 4) is 0 Å². The van der Waals surface area contributed by atoms with Crippen LogP contribution in [0.25, 0.3) is 11.0 Å². The van der Waals surface area contributed by atoms with Crippen LogP contribution in [-0.2, 0) is 6.54 Å². The number of hydrogen-bond donors (Lipinski definition) is 2. The molecular formula is C18H26N2O4. The SMILES string of the molecule is CN(C)Cc1c(C(=O)N(C)CC(C)(CO)CO)oc2ccccc12. The van der Waals surface area contributed by atoms with Gasteiger partial charge in [0.2, 0.25) is 0 Å². The van der Waals surface area contributed by atoms with E-state index in [1.165, 1.54) is 4.90 Å². The Labute approximate surface area is 142 Å². The fourth-order valence-electron chi connectivity index (χ4n) is 2.71. The summed E-state index contributed by atoms with van der Waals surface area (Å²) in [5.74, 6) is 0.0572. The molecule has 1 heterocycles. The molecule has 6 nitrogen and oxygen atoms in total. The van der Waals surface area contributed by atoms with Crippen LogP contribution in [0.2, 0.25) is 0 Å². The average Bonchev–Trinajstić information content (AvgIpc) is 2.92. The van der Waals surface area contributed by atoms with Crippen molar-refractivity contribution in [2.45, 2.75) is 13.5 Å². The first-order valence-electron chi connectivity index (χ1n) is 7.93. The lowest BCUT2D eigenvalue weighted by atomic mass is 9.92. The number of furan rings is 1. The molecule has 0 aliphatic rings. The molecule has 0 aliphatic carbocycles. The molecule has 2 N–H and O–H groups in total. The Morgan fingerprint density at radius 2 is 1.79 bits per heavy atom. The van der Waals surface area contributed by atoms with Crippen LogP contribution in [0.4, 0.5) is 0 Å². The number of benzene rings is 1. The van der Waals surface area contributed by atoms with Crippen LogP contribution < -0.4 is 0 Å². The van der Waals surface area contributed by atoms with Crippen molar-refractivity contribution in [3.63, 3.8) is 0 Å². The zero-order valence-electron chi connectivity index (χ0n) is 14.7. The molecule has 1 amide bonds. The highest BCUT2D eigenvalue weighted by Gasteiger charge is 2.30. The van der Waals surface area contributed by atoms with Gasteiger partial charge in [0.05, 0.1) is 13.2 Å². The molecule has 0 saturated carbocycles. The standard InChI is InChI=1S/C18H26N2O4/c1-18(11-21,12-22)10-20(4)17(23)16-14(9-19(2)3)13-7-5-6-8-15(13)24-16/h5-8,21-22H,9-12H2,1-4H3. The second-order valence-corrected chi connectivity index (χ2v) is 6.93. The van der Waals surface area contributed by atoms with Crippen LogP contribution in [0.3, 0.4) is 0 Å². The number of aliphatic hydroxyl groups excluding tert-OH is 2. The monoisotopic (exact) mass is 334 g/mol. The maximum Gasteiger partial charge on any atom is 0.289 e. The van der Waals surface area contributed by atoms with Gasteiger partial charge < -0.3 is 24.4 Å². The summed E-state index contributed by atoms with van der Waals surface area (Å²) in [6.45, 7) is 2.15. The number of carbonyl (C=O) groups is 1. The topological polar surface area (TPSA) is 77.2 Å². The summed E-state index contributed by atoms with van der Waals surface area (Å²) < 4.78 is 5.82. The lowest BCUT2D eigenvalue weighted by molar-refractivity contribution is 0.0352. The first kappa shape index (κ1) is 18.4. The molecule has 0 unspecified atom stereocenters. The van der Waals surface area contributed by atoms with E-state index in [1.54, 1.807) is 14.0 Å². The van der Waals surface area contributed by atoms with Crippen molar-refractivity contribution >= 4 is 16.9 Å². The first-order valence-corrected chi connectivity index (χ1v) is 7.93. The Bertz CT molecular complexity index is 704. The van der Waals surface area contributed by atoms with Crippen LogP contribution >= 0.6 is 0 Å². The molecule has 2 rings (SSSR count). The zero-order chi connectivity index (χ0) is 17.9. The lowest BCUT2D eigenvalue weighted by Crippen LogP contribution is -2.41. The number of rotatable bonds is 7. The Hall–Kier alpha value is -1.89. The minimum absolute atomic E-state index is 0.203. The quantitative estimate of drug-likeness (QED) is 0.803. The molecule has 2 aromatic rings. The van der Waals surface area contributed by atoms with Gasteiger partial charge in [-0.2, -0.15) is 0 Å². The molecule has 0 atom stereocenters. The second-order valence-electron chi connectivity index (χ2n) is 6.93. The van der Waals surface area contributed by atoms with Crippen molar-refractivity contribution in [2.75, 3.05) is 40.9 Å². The molecular weight excluding hydrogens is 308 g/mol. The molecule has 1 aromatic heterocycles. The third-order valence-electron chi connectivity index (χ3n) is 4.10. The summed E-state index contributed by atoms with van der Waals surface area (Å²) in [6, 6.07) is 7.58. The van der Waals surface area contributed by atoms with Crippen LogP contribution in [0, 0.1) is 5.41 Å². The molecule has 0 radical (unpaired) electrons. The van der Waals surface area contributed by atoms with Crippen molar-refractivity contribution in [3.05, 3.63) is 35.6 Å². The predicted octanol–water partition coefficient (Wildman–Crippen LogP) is 1.56. The highest BCUT2D eigenvalue weighted by molar-refractivity contribution is 5.99. The van der Waals surface area contributed by atoms with Crippen LogP contribution in [0.1, 0.15) is 23.0 Å². The van der Waals surface area contributed by atoms with E-state index >= 15 is 0 Å². The largest absolute Gasteiger partial charge is 0.451 e. The Balaban J connectivity index is 2.38. The van der Waals surface area contributed by atoms with E-state index in [9.17, 15) is 15.0 Å². The number of amides is 1. The van der Waals surface area contributed by atoms with Gasteiger partial charge in [0.15, 0.2) is 5.76 Å². The van der Waals surface area contributed by atoms with E-state index in [1.807, 2.05) is 43.3 Å². The first-order chi connectivity index (χ1) is 11.3. The van der Waals surface area contributed by atoms with Crippen molar-refractivity contribution in [1.82, 2.24) is 9.80 Å². The zero-order valence-corrected chi connectivity index (χ0v) is 14.7. The number of nitrogens with zero attached hydrogens (tertiary/aromatic N) is 2. The van der Waals surface area contributed by atoms with Crippen molar-refractivity contribution < 1.29 is 19.4 Å². The highest BCUT2D eigenvalue weighted by atomic mass is 16.3. The van der Waals surface area contributed by atoms with Gasteiger partial charge in [-0.05, 0) is 20.2 Å². The predicted molar refractivity (Wildman–Crippen MR) is 92.8 cm³/mol. The summed E-state index contributed by atoms with van der Waals surface area (Å²) in [4.78, 5) is 16.4. The average molecular weight is 334 g/mol. The maximum absolute atomic E-state index is 12.9. The van der Waals surface area contributed by atoms with Crippen molar-refractivity contribution in [2.24, 2.45) is 5.41 Å². The molecule has 0 saturated heterocycles. The Kier molecular flexibility index (Phi) is 5.64. The van der Waals surface area contributed by atoms with Gasteiger partial charge in [0.25, 0.3) is 5.91 Å². The van der Waals surface area contributed by atoms with Crippen LogP contribution in [0.15, 0.2) is 28.7 Å². The third kappa shape index (κ3) is 3.77. The van der Waals surface area contributed by atoms with Gasteiger partial charge in [0, 0.05) is 36.5 Å². The number of hydrogen-bond acceptors (Lipinski definition) is 5. The minimum atomic E-state index is -0.752. The van der Waals surface area contributed by atoms with Gasteiger partial charge in [-0.3, -0.25) is 4.79 Å². The van der Waals surface area contributed by atoms with E-state index in [-0.39, 0.29) is 25.7 Å². The fourth-order valence-corrected chi connectivity index (χ4v) is 2.71. The van der Waals surface area contributed by atoms with E-state index in [0.29, 0.717) is 17.9 Å². The number of carbonyl (C=O) groups excluding carboxylic acids is 1. The van der Waals surface area contributed by atoms with Crippen LogP contribution in [-0.4, -0.2) is 66.8 Å².